The van der Waals surface area contributed by atoms with Crippen LogP contribution in [-0.2, 0) is 14.8 Å². The molecular weight excluding hydrogens is 296 g/mol. The van der Waals surface area contributed by atoms with E-state index in [-0.39, 0.29) is 17.0 Å². The molecule has 0 saturated heterocycles. The van der Waals surface area contributed by atoms with Crippen LogP contribution >= 0.6 is 0 Å². The van der Waals surface area contributed by atoms with E-state index >= 15 is 0 Å². The zero-order valence-corrected chi connectivity index (χ0v) is 12.5. The molecule has 0 bridgehead atoms. The Morgan fingerprint density at radius 1 is 1.29 bits per heavy atom. The van der Waals surface area contributed by atoms with Crippen LogP contribution in [-0.4, -0.2) is 42.8 Å². The molecule has 0 saturated carbocycles. The number of carboxylic acids is 1. The number of hydrogen-bond donors (Lipinski definition) is 2. The predicted molar refractivity (Wildman–Crippen MR) is 76.3 cm³/mol. The van der Waals surface area contributed by atoms with E-state index < -0.39 is 28.4 Å². The molecule has 1 aromatic rings. The van der Waals surface area contributed by atoms with E-state index in [9.17, 15) is 18.0 Å². The lowest BCUT2D eigenvalue weighted by Gasteiger charge is -2.21. The van der Waals surface area contributed by atoms with Crippen LogP contribution < -0.4 is 5.73 Å². The van der Waals surface area contributed by atoms with Gasteiger partial charge in [0.15, 0.2) is 0 Å². The third-order valence-corrected chi connectivity index (χ3v) is 4.73. The number of nitrogens with two attached hydrogens (primary N) is 1. The van der Waals surface area contributed by atoms with Crippen LogP contribution in [0.15, 0.2) is 29.2 Å². The summed E-state index contributed by atoms with van der Waals surface area (Å²) >= 11 is 0. The maximum atomic E-state index is 12.6. The second-order valence-electron chi connectivity index (χ2n) is 4.46. The molecule has 1 rings (SSSR count). The van der Waals surface area contributed by atoms with Gasteiger partial charge in [-0.3, -0.25) is 4.79 Å². The van der Waals surface area contributed by atoms with Crippen LogP contribution in [0.2, 0.25) is 0 Å². The first kappa shape index (κ1) is 17.1. The maximum Gasteiger partial charge on any atom is 0.337 e. The smallest absolute Gasteiger partial charge is 0.337 e. The van der Waals surface area contributed by atoms with E-state index in [1.807, 2.05) is 6.92 Å². The van der Waals surface area contributed by atoms with Crippen LogP contribution in [0.5, 0.6) is 0 Å². The Hall–Kier alpha value is -1.93. The third-order valence-electron chi connectivity index (χ3n) is 2.83. The number of primary amides is 1. The van der Waals surface area contributed by atoms with E-state index in [0.29, 0.717) is 6.42 Å². The van der Waals surface area contributed by atoms with Gasteiger partial charge < -0.3 is 10.8 Å². The van der Waals surface area contributed by atoms with Crippen LogP contribution in [0.4, 0.5) is 0 Å². The largest absolute Gasteiger partial charge is 0.478 e. The first-order chi connectivity index (χ1) is 9.80. The Labute approximate surface area is 123 Å². The fourth-order valence-corrected chi connectivity index (χ4v) is 3.43. The van der Waals surface area contributed by atoms with Gasteiger partial charge in [0.1, 0.15) is 0 Å². The van der Waals surface area contributed by atoms with Crippen LogP contribution in [0.1, 0.15) is 30.1 Å². The molecule has 116 valence electrons. The van der Waals surface area contributed by atoms with Gasteiger partial charge in [-0.25, -0.2) is 13.2 Å². The summed E-state index contributed by atoms with van der Waals surface area (Å²) in [6, 6.07) is 5.28. The molecule has 0 aliphatic carbocycles. The monoisotopic (exact) mass is 314 g/mol. The number of nitrogens with zero attached hydrogens (tertiary/aromatic N) is 1. The fourth-order valence-electron chi connectivity index (χ4n) is 1.80. The van der Waals surface area contributed by atoms with E-state index in [1.165, 1.54) is 24.3 Å². The first-order valence-corrected chi connectivity index (χ1v) is 7.85. The highest BCUT2D eigenvalue weighted by Gasteiger charge is 2.29. The van der Waals surface area contributed by atoms with Gasteiger partial charge in [0.05, 0.1) is 17.0 Å². The minimum absolute atomic E-state index is 0.107. The zero-order valence-electron chi connectivity index (χ0n) is 11.7. The minimum Gasteiger partial charge on any atom is -0.478 e. The molecule has 1 aromatic carbocycles. The van der Waals surface area contributed by atoms with Crippen molar-refractivity contribution in [2.75, 3.05) is 13.1 Å². The van der Waals surface area contributed by atoms with E-state index in [0.717, 1.165) is 10.7 Å². The summed E-state index contributed by atoms with van der Waals surface area (Å²) in [5, 5.41) is 9.09. The van der Waals surface area contributed by atoms with Crippen molar-refractivity contribution in [3.63, 3.8) is 0 Å². The Kier molecular flexibility index (Phi) is 5.86. The van der Waals surface area contributed by atoms with Crippen LogP contribution in [0.25, 0.3) is 0 Å². The number of carbonyl (C=O) groups is 2. The zero-order chi connectivity index (χ0) is 16.0. The van der Waals surface area contributed by atoms with Crippen LogP contribution in [0.3, 0.4) is 0 Å². The average molecular weight is 314 g/mol. The fraction of sp³-hybridized carbons (Fsp3) is 0.385. The second kappa shape index (κ2) is 7.19. The number of benzene rings is 1. The molecule has 0 aliphatic heterocycles. The van der Waals surface area contributed by atoms with Gasteiger partial charge in [-0.05, 0) is 18.6 Å². The Morgan fingerprint density at radius 3 is 2.43 bits per heavy atom. The molecule has 0 aromatic heterocycles. The summed E-state index contributed by atoms with van der Waals surface area (Å²) in [6.07, 6.45) is 1.27. The quantitative estimate of drug-likeness (QED) is 0.731. The lowest BCUT2D eigenvalue weighted by atomic mass is 10.2. The lowest BCUT2D eigenvalue weighted by Crippen LogP contribution is -2.39. The number of unbranched alkanes of at least 4 members (excludes halogenated alkanes) is 1. The maximum absolute atomic E-state index is 12.6. The number of aromatic carboxylic acids is 1. The standard InChI is InChI=1S/C13H18N2O5S/c1-2-3-8-15(9-12(14)16)21(19,20)11-7-5-4-6-10(11)13(17)18/h4-7H,2-3,8-9H2,1H3,(H2,14,16)(H,17,18). The van der Waals surface area contributed by atoms with Crippen molar-refractivity contribution in [1.29, 1.82) is 0 Å². The van der Waals surface area contributed by atoms with Gasteiger partial charge in [-0.2, -0.15) is 4.31 Å². The van der Waals surface area contributed by atoms with Crippen molar-refractivity contribution >= 4 is 21.9 Å². The lowest BCUT2D eigenvalue weighted by molar-refractivity contribution is -0.118. The number of hydrogen-bond acceptors (Lipinski definition) is 4. The van der Waals surface area contributed by atoms with Crippen LogP contribution in [0, 0.1) is 0 Å². The highest BCUT2D eigenvalue weighted by molar-refractivity contribution is 7.89. The summed E-state index contributed by atoms with van der Waals surface area (Å²) in [4.78, 5) is 21.9. The number of amides is 1. The molecule has 0 aliphatic rings. The molecule has 0 heterocycles. The van der Waals surface area contributed by atoms with E-state index in [2.05, 4.69) is 0 Å². The highest BCUT2D eigenvalue weighted by Crippen LogP contribution is 2.20. The molecule has 0 atom stereocenters. The summed E-state index contributed by atoms with van der Waals surface area (Å²) in [7, 11) is -4.09. The summed E-state index contributed by atoms with van der Waals surface area (Å²) in [5.74, 6) is -2.13. The number of carboxylic acid groups (broad SMARTS) is 1. The van der Waals surface area contributed by atoms with Gasteiger partial charge >= 0.3 is 5.97 Å². The number of rotatable bonds is 8. The van der Waals surface area contributed by atoms with Crippen molar-refractivity contribution in [2.24, 2.45) is 5.73 Å². The molecule has 7 nitrogen and oxygen atoms in total. The van der Waals surface area contributed by atoms with Crippen molar-refractivity contribution in [1.82, 2.24) is 4.31 Å². The van der Waals surface area contributed by atoms with Gasteiger partial charge in [-0.15, -0.1) is 0 Å². The SMILES string of the molecule is CCCCN(CC(N)=O)S(=O)(=O)c1ccccc1C(=O)O. The van der Waals surface area contributed by atoms with E-state index in [4.69, 9.17) is 10.8 Å². The Balaban J connectivity index is 3.28. The van der Waals surface area contributed by atoms with Crippen molar-refractivity contribution in [2.45, 2.75) is 24.7 Å². The molecular formula is C13H18N2O5S. The molecule has 0 spiro atoms. The molecule has 0 radical (unpaired) electrons. The molecule has 0 unspecified atom stereocenters. The number of carbonyl (C=O) groups excluding carboxylic acids is 1. The van der Waals surface area contributed by atoms with Gasteiger partial charge in [0, 0.05) is 6.54 Å². The Morgan fingerprint density at radius 2 is 1.90 bits per heavy atom. The van der Waals surface area contributed by atoms with E-state index in [1.54, 1.807) is 0 Å². The summed E-state index contributed by atoms with van der Waals surface area (Å²) in [5.41, 5.74) is 4.75. The second-order valence-corrected chi connectivity index (χ2v) is 6.37. The highest BCUT2D eigenvalue weighted by atomic mass is 32.2. The average Bonchev–Trinajstić information content (AvgIpc) is 2.42. The van der Waals surface area contributed by atoms with Crippen molar-refractivity contribution in [3.05, 3.63) is 29.8 Å². The number of sulfonamides is 1. The normalized spacial score (nSPS) is 11.5. The molecule has 3 N–H and O–H groups in total. The topological polar surface area (TPSA) is 118 Å². The molecule has 0 fully saturated rings. The first-order valence-electron chi connectivity index (χ1n) is 6.41. The summed E-state index contributed by atoms with van der Waals surface area (Å²) < 4.78 is 26.0. The molecule has 8 heteroatoms. The molecule has 21 heavy (non-hydrogen) atoms. The third kappa shape index (κ3) is 4.27. The van der Waals surface area contributed by atoms with Crippen molar-refractivity contribution < 1.29 is 23.1 Å². The predicted octanol–water partition coefficient (Wildman–Crippen LogP) is 0.661. The minimum atomic E-state index is -4.09. The van der Waals surface area contributed by atoms with Gasteiger partial charge in [0.25, 0.3) is 0 Å². The van der Waals surface area contributed by atoms with Gasteiger partial charge in [-0.1, -0.05) is 25.5 Å². The summed E-state index contributed by atoms with van der Waals surface area (Å²) in [6.45, 7) is 1.51. The van der Waals surface area contributed by atoms with Gasteiger partial charge in [0.2, 0.25) is 15.9 Å². The molecule has 1 amide bonds. The van der Waals surface area contributed by atoms with Crippen molar-refractivity contribution in [3.8, 4) is 0 Å². The Bertz CT molecular complexity index is 627.